The number of rotatable bonds is 4. The molecule has 0 bridgehead atoms. The zero-order valence-corrected chi connectivity index (χ0v) is 12.0. The van der Waals surface area contributed by atoms with Gasteiger partial charge in [-0.05, 0) is 38.8 Å². The van der Waals surface area contributed by atoms with Gasteiger partial charge in [0.1, 0.15) is 11.4 Å². The van der Waals surface area contributed by atoms with Crippen LogP contribution in [0.1, 0.15) is 57.7 Å². The second kappa shape index (κ2) is 5.31. The first-order valence-corrected chi connectivity index (χ1v) is 7.11. The molecule has 0 aliphatic carbocycles. The Morgan fingerprint density at radius 3 is 2.78 bits per heavy atom. The van der Waals surface area contributed by atoms with Crippen molar-refractivity contribution < 1.29 is 4.74 Å². The van der Waals surface area contributed by atoms with Crippen LogP contribution in [0.4, 0.5) is 0 Å². The van der Waals surface area contributed by atoms with Gasteiger partial charge in [0.2, 0.25) is 0 Å². The van der Waals surface area contributed by atoms with E-state index < -0.39 is 0 Å². The Morgan fingerprint density at radius 1 is 1.33 bits per heavy atom. The standard InChI is InChI=1S/C16H25NO/c1-5-10-17-14-11-16(3,4)18-15-12(6-2)8-7-9-13(14)15/h7-9,14,17H,5-6,10-11H2,1-4H3. The fourth-order valence-electron chi connectivity index (χ4n) is 2.70. The van der Waals surface area contributed by atoms with Crippen LogP contribution in [0, 0.1) is 0 Å². The van der Waals surface area contributed by atoms with Crippen molar-refractivity contribution in [2.75, 3.05) is 6.54 Å². The van der Waals surface area contributed by atoms with Crippen molar-refractivity contribution in [3.05, 3.63) is 29.3 Å². The van der Waals surface area contributed by atoms with Crippen LogP contribution in [-0.2, 0) is 6.42 Å². The summed E-state index contributed by atoms with van der Waals surface area (Å²) >= 11 is 0. The van der Waals surface area contributed by atoms with E-state index in [9.17, 15) is 0 Å². The van der Waals surface area contributed by atoms with Gasteiger partial charge in [0.05, 0.1) is 0 Å². The Hall–Kier alpha value is -1.02. The first-order chi connectivity index (χ1) is 8.57. The van der Waals surface area contributed by atoms with Gasteiger partial charge < -0.3 is 10.1 Å². The molecule has 1 aliphatic heterocycles. The predicted octanol–water partition coefficient (Wildman–Crippen LogP) is 3.85. The van der Waals surface area contributed by atoms with Gasteiger partial charge in [-0.2, -0.15) is 0 Å². The van der Waals surface area contributed by atoms with Crippen molar-refractivity contribution in [1.82, 2.24) is 5.32 Å². The van der Waals surface area contributed by atoms with E-state index in [4.69, 9.17) is 4.74 Å². The molecule has 18 heavy (non-hydrogen) atoms. The van der Waals surface area contributed by atoms with E-state index in [0.717, 1.165) is 25.1 Å². The van der Waals surface area contributed by atoms with Crippen LogP contribution in [0.15, 0.2) is 18.2 Å². The van der Waals surface area contributed by atoms with Crippen LogP contribution < -0.4 is 10.1 Å². The Morgan fingerprint density at radius 2 is 2.11 bits per heavy atom. The lowest BCUT2D eigenvalue weighted by atomic mass is 9.88. The molecule has 1 aromatic rings. The van der Waals surface area contributed by atoms with E-state index >= 15 is 0 Å². The van der Waals surface area contributed by atoms with Gasteiger partial charge in [0.15, 0.2) is 0 Å². The highest BCUT2D eigenvalue weighted by Gasteiger charge is 2.34. The number of hydrogen-bond acceptors (Lipinski definition) is 2. The zero-order valence-electron chi connectivity index (χ0n) is 12.0. The number of para-hydroxylation sites is 1. The van der Waals surface area contributed by atoms with E-state index in [0.29, 0.717) is 6.04 Å². The summed E-state index contributed by atoms with van der Waals surface area (Å²) in [5.74, 6) is 1.12. The van der Waals surface area contributed by atoms with E-state index in [2.05, 4.69) is 51.2 Å². The normalized spacial score (nSPS) is 21.2. The highest BCUT2D eigenvalue weighted by molar-refractivity contribution is 5.45. The molecule has 1 N–H and O–H groups in total. The molecule has 1 aromatic carbocycles. The molecule has 2 nitrogen and oxygen atoms in total. The molecule has 1 unspecified atom stereocenters. The Balaban J connectivity index is 2.36. The van der Waals surface area contributed by atoms with Crippen molar-refractivity contribution >= 4 is 0 Å². The molecule has 0 radical (unpaired) electrons. The fraction of sp³-hybridized carbons (Fsp3) is 0.625. The van der Waals surface area contributed by atoms with Crippen molar-refractivity contribution in [3.63, 3.8) is 0 Å². The summed E-state index contributed by atoms with van der Waals surface area (Å²) in [5.41, 5.74) is 2.58. The average Bonchev–Trinajstić information content (AvgIpc) is 2.34. The van der Waals surface area contributed by atoms with Gasteiger partial charge in [0, 0.05) is 18.0 Å². The van der Waals surface area contributed by atoms with Crippen LogP contribution in [0.3, 0.4) is 0 Å². The number of aryl methyl sites for hydroxylation is 1. The number of ether oxygens (including phenoxy) is 1. The topological polar surface area (TPSA) is 21.3 Å². The maximum absolute atomic E-state index is 6.21. The maximum atomic E-state index is 6.21. The molecule has 1 atom stereocenters. The van der Waals surface area contributed by atoms with Gasteiger partial charge in [-0.25, -0.2) is 0 Å². The summed E-state index contributed by atoms with van der Waals surface area (Å²) in [4.78, 5) is 0. The fourth-order valence-corrected chi connectivity index (χ4v) is 2.70. The van der Waals surface area contributed by atoms with E-state index in [1.54, 1.807) is 0 Å². The largest absolute Gasteiger partial charge is 0.487 e. The third kappa shape index (κ3) is 2.69. The summed E-state index contributed by atoms with van der Waals surface area (Å²) < 4.78 is 6.21. The zero-order chi connectivity index (χ0) is 13.2. The van der Waals surface area contributed by atoms with Crippen molar-refractivity contribution in [2.24, 2.45) is 0 Å². The minimum atomic E-state index is -0.0797. The Bertz CT molecular complexity index is 412. The molecule has 1 heterocycles. The molecular weight excluding hydrogens is 222 g/mol. The van der Waals surface area contributed by atoms with Crippen LogP contribution >= 0.6 is 0 Å². The van der Waals surface area contributed by atoms with Crippen LogP contribution in [0.2, 0.25) is 0 Å². The Kier molecular flexibility index (Phi) is 3.96. The summed E-state index contributed by atoms with van der Waals surface area (Å²) in [5, 5.41) is 3.65. The number of nitrogens with one attached hydrogen (secondary N) is 1. The van der Waals surface area contributed by atoms with E-state index in [1.807, 2.05) is 0 Å². The number of hydrogen-bond donors (Lipinski definition) is 1. The second-order valence-corrected chi connectivity index (χ2v) is 5.76. The maximum Gasteiger partial charge on any atom is 0.128 e. The van der Waals surface area contributed by atoms with Gasteiger partial charge in [-0.1, -0.05) is 32.0 Å². The van der Waals surface area contributed by atoms with Crippen molar-refractivity contribution in [1.29, 1.82) is 0 Å². The minimum absolute atomic E-state index is 0.0797. The van der Waals surface area contributed by atoms with E-state index in [-0.39, 0.29) is 5.60 Å². The monoisotopic (exact) mass is 247 g/mol. The Labute approximate surface area is 111 Å². The van der Waals surface area contributed by atoms with Gasteiger partial charge in [-0.15, -0.1) is 0 Å². The van der Waals surface area contributed by atoms with Gasteiger partial charge in [0.25, 0.3) is 0 Å². The molecule has 0 amide bonds. The molecule has 0 aromatic heterocycles. The minimum Gasteiger partial charge on any atom is -0.487 e. The highest BCUT2D eigenvalue weighted by atomic mass is 16.5. The average molecular weight is 247 g/mol. The quantitative estimate of drug-likeness (QED) is 0.872. The molecular formula is C16H25NO. The molecule has 2 rings (SSSR count). The molecule has 1 aliphatic rings. The van der Waals surface area contributed by atoms with E-state index in [1.165, 1.54) is 17.5 Å². The molecule has 0 saturated heterocycles. The van der Waals surface area contributed by atoms with Crippen molar-refractivity contribution in [2.45, 2.75) is 58.6 Å². The summed E-state index contributed by atoms with van der Waals surface area (Å²) in [6.07, 6.45) is 3.23. The first kappa shape index (κ1) is 13.4. The lowest BCUT2D eigenvalue weighted by Gasteiger charge is -2.39. The third-order valence-electron chi connectivity index (χ3n) is 3.60. The molecule has 0 spiro atoms. The first-order valence-electron chi connectivity index (χ1n) is 7.11. The third-order valence-corrected chi connectivity index (χ3v) is 3.60. The molecule has 2 heteroatoms. The summed E-state index contributed by atoms with van der Waals surface area (Å²) in [6, 6.07) is 6.96. The van der Waals surface area contributed by atoms with Gasteiger partial charge in [-0.3, -0.25) is 0 Å². The lowest BCUT2D eigenvalue weighted by molar-refractivity contribution is 0.0649. The lowest BCUT2D eigenvalue weighted by Crippen LogP contribution is -2.40. The molecule has 0 saturated carbocycles. The molecule has 100 valence electrons. The second-order valence-electron chi connectivity index (χ2n) is 5.76. The summed E-state index contributed by atoms with van der Waals surface area (Å²) in [7, 11) is 0. The van der Waals surface area contributed by atoms with Crippen LogP contribution in [-0.4, -0.2) is 12.1 Å². The SMILES string of the molecule is CCCNC1CC(C)(C)Oc2c(CC)cccc21. The summed E-state index contributed by atoms with van der Waals surface area (Å²) in [6.45, 7) is 9.83. The van der Waals surface area contributed by atoms with Crippen LogP contribution in [0.5, 0.6) is 5.75 Å². The number of fused-ring (bicyclic) bond motifs is 1. The predicted molar refractivity (Wildman–Crippen MR) is 76.2 cm³/mol. The number of benzene rings is 1. The smallest absolute Gasteiger partial charge is 0.128 e. The van der Waals surface area contributed by atoms with Crippen molar-refractivity contribution in [3.8, 4) is 5.75 Å². The molecule has 0 fully saturated rings. The van der Waals surface area contributed by atoms with Gasteiger partial charge >= 0.3 is 0 Å². The highest BCUT2D eigenvalue weighted by Crippen LogP contribution is 2.41. The van der Waals surface area contributed by atoms with Crippen LogP contribution in [0.25, 0.3) is 0 Å².